The largest absolute Gasteiger partial charge is 0.467 e. The highest BCUT2D eigenvalue weighted by molar-refractivity contribution is 5.79. The van der Waals surface area contributed by atoms with Crippen LogP contribution in [0, 0.1) is 5.41 Å². The summed E-state index contributed by atoms with van der Waals surface area (Å²) in [7, 11) is 1.91. The fraction of sp³-hybridized carbons (Fsp3) is 0.579. The van der Waals surface area contributed by atoms with E-state index in [9.17, 15) is 4.79 Å². The van der Waals surface area contributed by atoms with E-state index in [-0.39, 0.29) is 23.3 Å². The molecule has 2 aliphatic rings. The first-order valence-corrected chi connectivity index (χ1v) is 8.90. The lowest BCUT2D eigenvalue weighted by Crippen LogP contribution is -2.59. The van der Waals surface area contributed by atoms with Crippen molar-refractivity contribution in [2.24, 2.45) is 12.5 Å². The Labute approximate surface area is 142 Å². The Morgan fingerprint density at radius 3 is 2.88 bits per heavy atom. The van der Waals surface area contributed by atoms with E-state index in [0.29, 0.717) is 6.42 Å². The van der Waals surface area contributed by atoms with Gasteiger partial charge in [0.25, 0.3) is 0 Å². The molecule has 128 valence electrons. The van der Waals surface area contributed by atoms with Gasteiger partial charge in [-0.3, -0.25) is 9.48 Å². The van der Waals surface area contributed by atoms with Crippen LogP contribution in [-0.2, 0) is 11.8 Å². The normalized spacial score (nSPS) is 23.4. The molecule has 24 heavy (non-hydrogen) atoms. The molecule has 2 aromatic heterocycles. The first-order chi connectivity index (χ1) is 11.6. The Balaban J connectivity index is 1.50. The van der Waals surface area contributed by atoms with Crippen molar-refractivity contribution in [3.63, 3.8) is 0 Å². The zero-order valence-electron chi connectivity index (χ0n) is 14.4. The van der Waals surface area contributed by atoms with Crippen LogP contribution in [0.2, 0.25) is 0 Å². The van der Waals surface area contributed by atoms with Gasteiger partial charge in [0.1, 0.15) is 5.76 Å². The van der Waals surface area contributed by atoms with Gasteiger partial charge in [0.15, 0.2) is 0 Å². The van der Waals surface area contributed by atoms with Crippen LogP contribution in [0.5, 0.6) is 0 Å². The zero-order chi connectivity index (χ0) is 16.7. The second kappa shape index (κ2) is 5.80. The van der Waals surface area contributed by atoms with Crippen LogP contribution in [0.3, 0.4) is 0 Å². The maximum absolute atomic E-state index is 12.9. The van der Waals surface area contributed by atoms with Gasteiger partial charge in [-0.15, -0.1) is 0 Å². The Kier molecular flexibility index (Phi) is 3.74. The molecule has 5 nitrogen and oxygen atoms in total. The van der Waals surface area contributed by atoms with Crippen LogP contribution in [-0.4, -0.2) is 27.1 Å². The van der Waals surface area contributed by atoms with Crippen LogP contribution in [0.15, 0.2) is 35.2 Å². The number of hydrogen-bond acceptors (Lipinski definition) is 3. The van der Waals surface area contributed by atoms with E-state index in [1.54, 1.807) is 10.9 Å². The monoisotopic (exact) mass is 327 g/mol. The molecule has 4 rings (SSSR count). The maximum Gasteiger partial charge on any atom is 0.223 e. The molecule has 2 aromatic rings. The highest BCUT2D eigenvalue weighted by atomic mass is 16.3. The van der Waals surface area contributed by atoms with E-state index in [0.717, 1.165) is 17.9 Å². The summed E-state index contributed by atoms with van der Waals surface area (Å²) in [6.45, 7) is 2.99. The third-order valence-corrected chi connectivity index (χ3v) is 5.88. The lowest BCUT2D eigenvalue weighted by molar-refractivity contribution is -0.158. The molecule has 0 N–H and O–H groups in total. The molecule has 3 heterocycles. The van der Waals surface area contributed by atoms with Gasteiger partial charge in [-0.2, -0.15) is 5.10 Å². The average molecular weight is 327 g/mol. The van der Waals surface area contributed by atoms with Gasteiger partial charge < -0.3 is 9.32 Å². The molecule has 2 fully saturated rings. The van der Waals surface area contributed by atoms with Crippen molar-refractivity contribution < 1.29 is 9.21 Å². The van der Waals surface area contributed by atoms with E-state index >= 15 is 0 Å². The van der Waals surface area contributed by atoms with Gasteiger partial charge in [0.05, 0.1) is 18.5 Å². The topological polar surface area (TPSA) is 51.3 Å². The Bertz CT molecular complexity index is 713. The van der Waals surface area contributed by atoms with E-state index in [1.165, 1.54) is 25.7 Å². The molecule has 0 bridgehead atoms. The second-order valence-electron chi connectivity index (χ2n) is 7.56. The van der Waals surface area contributed by atoms with Gasteiger partial charge >= 0.3 is 0 Å². The fourth-order valence-electron chi connectivity index (χ4n) is 4.57. The van der Waals surface area contributed by atoms with Crippen molar-refractivity contribution in [1.29, 1.82) is 0 Å². The number of amides is 1. The van der Waals surface area contributed by atoms with Crippen LogP contribution in [0.4, 0.5) is 0 Å². The van der Waals surface area contributed by atoms with Crippen LogP contribution in [0.25, 0.3) is 0 Å². The van der Waals surface area contributed by atoms with Crippen LogP contribution in [0.1, 0.15) is 62.3 Å². The predicted molar refractivity (Wildman–Crippen MR) is 90.3 cm³/mol. The minimum atomic E-state index is 0.128. The summed E-state index contributed by atoms with van der Waals surface area (Å²) in [6.07, 6.45) is 11.1. The summed E-state index contributed by atoms with van der Waals surface area (Å²) < 4.78 is 7.48. The molecule has 2 unspecified atom stereocenters. The van der Waals surface area contributed by atoms with Crippen molar-refractivity contribution in [2.75, 3.05) is 6.54 Å². The zero-order valence-corrected chi connectivity index (χ0v) is 14.4. The smallest absolute Gasteiger partial charge is 0.223 e. The maximum atomic E-state index is 12.9. The number of aryl methyl sites for hydroxylation is 1. The van der Waals surface area contributed by atoms with Gasteiger partial charge in [0.2, 0.25) is 5.91 Å². The molecule has 2 atom stereocenters. The summed E-state index contributed by atoms with van der Waals surface area (Å²) >= 11 is 0. The van der Waals surface area contributed by atoms with Gasteiger partial charge in [-0.05, 0) is 36.5 Å². The number of nitrogens with zero attached hydrogens (tertiary/aromatic N) is 3. The third-order valence-electron chi connectivity index (χ3n) is 5.88. The Morgan fingerprint density at radius 1 is 1.46 bits per heavy atom. The number of likely N-dealkylation sites (tertiary alicyclic amines) is 1. The first-order valence-electron chi connectivity index (χ1n) is 8.90. The molecule has 1 saturated heterocycles. The number of hydrogen-bond donors (Lipinski definition) is 0. The standard InChI is InChI=1S/C19H25N3O2/c1-14(15-11-20-21(2)12-15)10-17(23)22-13-19(7-3-4-8-19)18(22)16-6-5-9-24-16/h5-6,9,11-12,14,18H,3-4,7-8,10,13H2,1-2H3. The molecule has 0 aromatic carbocycles. The lowest BCUT2D eigenvalue weighted by Gasteiger charge is -2.55. The highest BCUT2D eigenvalue weighted by Crippen LogP contribution is 2.58. The van der Waals surface area contributed by atoms with Gasteiger partial charge in [0, 0.05) is 31.6 Å². The molecule has 1 aliphatic heterocycles. The number of aromatic nitrogens is 2. The second-order valence-corrected chi connectivity index (χ2v) is 7.56. The molecule has 1 saturated carbocycles. The third kappa shape index (κ3) is 2.46. The van der Waals surface area contributed by atoms with Crippen LogP contribution >= 0.6 is 0 Å². The van der Waals surface area contributed by atoms with Crippen molar-refractivity contribution >= 4 is 5.91 Å². The predicted octanol–water partition coefficient (Wildman–Crippen LogP) is 3.65. The molecule has 1 aliphatic carbocycles. The number of furan rings is 1. The minimum absolute atomic E-state index is 0.128. The van der Waals surface area contributed by atoms with E-state index in [2.05, 4.69) is 12.0 Å². The van der Waals surface area contributed by atoms with Crippen molar-refractivity contribution in [1.82, 2.24) is 14.7 Å². The fourth-order valence-corrected chi connectivity index (χ4v) is 4.57. The Morgan fingerprint density at radius 2 is 2.25 bits per heavy atom. The van der Waals surface area contributed by atoms with E-state index in [4.69, 9.17) is 4.42 Å². The molecule has 5 heteroatoms. The molecule has 0 radical (unpaired) electrons. The van der Waals surface area contributed by atoms with Gasteiger partial charge in [-0.25, -0.2) is 0 Å². The molecular formula is C19H25N3O2. The molecule has 1 spiro atoms. The number of carbonyl (C=O) groups excluding carboxylic acids is 1. The first kappa shape index (κ1) is 15.5. The minimum Gasteiger partial charge on any atom is -0.467 e. The average Bonchev–Trinajstić information content (AvgIpc) is 3.26. The van der Waals surface area contributed by atoms with Crippen molar-refractivity contribution in [2.45, 2.75) is 51.0 Å². The Hall–Kier alpha value is -2.04. The summed E-state index contributed by atoms with van der Waals surface area (Å²) in [5.41, 5.74) is 1.38. The summed E-state index contributed by atoms with van der Waals surface area (Å²) in [5, 5.41) is 4.21. The van der Waals surface area contributed by atoms with Gasteiger partial charge in [-0.1, -0.05) is 19.8 Å². The molecular weight excluding hydrogens is 302 g/mol. The van der Waals surface area contributed by atoms with E-state index < -0.39 is 0 Å². The summed E-state index contributed by atoms with van der Waals surface area (Å²) in [4.78, 5) is 15.0. The van der Waals surface area contributed by atoms with E-state index in [1.807, 2.05) is 36.5 Å². The highest BCUT2D eigenvalue weighted by Gasteiger charge is 2.57. The van der Waals surface area contributed by atoms with Crippen molar-refractivity contribution in [3.8, 4) is 0 Å². The summed E-state index contributed by atoms with van der Waals surface area (Å²) in [5.74, 6) is 1.36. The summed E-state index contributed by atoms with van der Waals surface area (Å²) in [6, 6.07) is 4.08. The number of rotatable bonds is 4. The van der Waals surface area contributed by atoms with Crippen LogP contribution < -0.4 is 0 Å². The SMILES string of the molecule is CC(CC(=O)N1CC2(CCCC2)C1c1ccco1)c1cnn(C)c1. The molecule has 1 amide bonds. The quantitative estimate of drug-likeness (QED) is 0.861. The van der Waals surface area contributed by atoms with Crippen molar-refractivity contribution in [3.05, 3.63) is 42.1 Å². The number of carbonyl (C=O) groups is 1. The lowest BCUT2D eigenvalue weighted by atomic mass is 9.68.